The Balaban J connectivity index is 2.31. The second-order valence-corrected chi connectivity index (χ2v) is 5.32. The number of benzene rings is 1. The van der Waals surface area contributed by atoms with E-state index in [0.717, 1.165) is 16.9 Å². The van der Waals surface area contributed by atoms with Gasteiger partial charge in [-0.25, -0.2) is 9.78 Å². The summed E-state index contributed by atoms with van der Waals surface area (Å²) in [5.74, 6) is -0.590. The average molecular weight is 286 g/mol. The van der Waals surface area contributed by atoms with E-state index in [9.17, 15) is 9.59 Å². The zero-order chi connectivity index (χ0) is 14.3. The molecule has 100 valence electrons. The first-order chi connectivity index (χ1) is 9.58. The Morgan fingerprint density at radius 1 is 1.30 bits per heavy atom. The standard InChI is InChI=1S/C14H10N2O3S/c1-7-9-12(17)15-11(8-5-3-2-4-6-8)16-13(9)20-10(7)14(18)19/h2-6H,1H3,(H,18,19)(H,15,16,17). The number of nitrogens with one attached hydrogen (secondary N) is 1. The van der Waals surface area contributed by atoms with Crippen molar-refractivity contribution in [1.82, 2.24) is 9.97 Å². The fourth-order valence-corrected chi connectivity index (χ4v) is 3.10. The maximum absolute atomic E-state index is 12.1. The summed E-state index contributed by atoms with van der Waals surface area (Å²) in [6, 6.07) is 9.24. The van der Waals surface area contributed by atoms with E-state index >= 15 is 0 Å². The van der Waals surface area contributed by atoms with E-state index in [1.807, 2.05) is 30.3 Å². The highest BCUT2D eigenvalue weighted by atomic mass is 32.1. The van der Waals surface area contributed by atoms with Gasteiger partial charge in [-0.05, 0) is 12.5 Å². The van der Waals surface area contributed by atoms with Gasteiger partial charge in [0.1, 0.15) is 15.5 Å². The molecular formula is C14H10N2O3S. The van der Waals surface area contributed by atoms with Crippen LogP contribution in [-0.2, 0) is 0 Å². The number of H-pyrrole nitrogens is 1. The Morgan fingerprint density at radius 2 is 2.00 bits per heavy atom. The van der Waals surface area contributed by atoms with Crippen LogP contribution in [-0.4, -0.2) is 21.0 Å². The van der Waals surface area contributed by atoms with Gasteiger partial charge in [-0.15, -0.1) is 11.3 Å². The SMILES string of the molecule is Cc1c(C(=O)O)sc2nc(-c3ccccc3)[nH]c(=O)c12. The van der Waals surface area contributed by atoms with E-state index in [-0.39, 0.29) is 10.4 Å². The molecule has 0 atom stereocenters. The van der Waals surface area contributed by atoms with Gasteiger partial charge >= 0.3 is 5.97 Å². The number of carboxylic acid groups (broad SMARTS) is 1. The molecule has 0 radical (unpaired) electrons. The van der Waals surface area contributed by atoms with E-state index in [0.29, 0.717) is 21.6 Å². The number of thiophene rings is 1. The molecule has 0 aliphatic rings. The molecule has 0 unspecified atom stereocenters. The summed E-state index contributed by atoms with van der Waals surface area (Å²) in [4.78, 5) is 31.0. The minimum atomic E-state index is -1.04. The topological polar surface area (TPSA) is 83.0 Å². The Bertz CT molecular complexity index is 865. The number of nitrogens with zero attached hydrogens (tertiary/aromatic N) is 1. The van der Waals surface area contributed by atoms with Gasteiger partial charge in [-0.2, -0.15) is 0 Å². The van der Waals surface area contributed by atoms with Crippen molar-refractivity contribution in [3.05, 3.63) is 51.1 Å². The molecule has 0 fully saturated rings. The van der Waals surface area contributed by atoms with E-state index < -0.39 is 5.97 Å². The molecule has 3 aromatic rings. The second kappa shape index (κ2) is 4.57. The Morgan fingerprint density at radius 3 is 2.65 bits per heavy atom. The lowest BCUT2D eigenvalue weighted by molar-refractivity contribution is 0.0701. The fourth-order valence-electron chi connectivity index (χ4n) is 2.08. The molecule has 2 heterocycles. The number of carboxylic acids is 1. The predicted molar refractivity (Wildman–Crippen MR) is 77.4 cm³/mol. The second-order valence-electron chi connectivity index (χ2n) is 4.32. The van der Waals surface area contributed by atoms with Crippen molar-refractivity contribution in [2.24, 2.45) is 0 Å². The van der Waals surface area contributed by atoms with Crippen LogP contribution in [0.5, 0.6) is 0 Å². The van der Waals surface area contributed by atoms with Gasteiger partial charge in [-0.1, -0.05) is 30.3 Å². The summed E-state index contributed by atoms with van der Waals surface area (Å²) in [7, 11) is 0. The van der Waals surface area contributed by atoms with Crippen LogP contribution in [0.4, 0.5) is 0 Å². The summed E-state index contributed by atoms with van der Waals surface area (Å²) in [5, 5.41) is 9.47. The molecule has 5 nitrogen and oxygen atoms in total. The lowest BCUT2D eigenvalue weighted by Gasteiger charge is -2.00. The molecule has 0 bridgehead atoms. The van der Waals surface area contributed by atoms with Crippen molar-refractivity contribution in [3.8, 4) is 11.4 Å². The van der Waals surface area contributed by atoms with Gasteiger partial charge in [0.05, 0.1) is 5.39 Å². The molecule has 0 saturated carbocycles. The number of hydrogen-bond acceptors (Lipinski definition) is 4. The van der Waals surface area contributed by atoms with Crippen LogP contribution in [0.3, 0.4) is 0 Å². The molecule has 0 saturated heterocycles. The smallest absolute Gasteiger partial charge is 0.346 e. The zero-order valence-corrected chi connectivity index (χ0v) is 11.3. The molecule has 1 aromatic carbocycles. The van der Waals surface area contributed by atoms with Crippen molar-refractivity contribution >= 4 is 27.5 Å². The number of aromatic nitrogens is 2. The maximum atomic E-state index is 12.1. The van der Waals surface area contributed by atoms with Gasteiger partial charge in [0.2, 0.25) is 0 Å². The number of aryl methyl sites for hydroxylation is 1. The lowest BCUT2D eigenvalue weighted by atomic mass is 10.2. The molecule has 0 aliphatic carbocycles. The third-order valence-corrected chi connectivity index (χ3v) is 4.22. The van der Waals surface area contributed by atoms with E-state index in [1.54, 1.807) is 6.92 Å². The van der Waals surface area contributed by atoms with Crippen LogP contribution in [0.25, 0.3) is 21.6 Å². The van der Waals surface area contributed by atoms with Crippen LogP contribution < -0.4 is 5.56 Å². The van der Waals surface area contributed by atoms with Gasteiger partial charge in [0.15, 0.2) is 0 Å². The lowest BCUT2D eigenvalue weighted by Crippen LogP contribution is -2.09. The van der Waals surface area contributed by atoms with Gasteiger partial charge in [0.25, 0.3) is 5.56 Å². The molecule has 2 N–H and O–H groups in total. The number of hydrogen-bond donors (Lipinski definition) is 2. The molecular weight excluding hydrogens is 276 g/mol. The largest absolute Gasteiger partial charge is 0.477 e. The highest BCUT2D eigenvalue weighted by Crippen LogP contribution is 2.28. The number of fused-ring (bicyclic) bond motifs is 1. The number of rotatable bonds is 2. The summed E-state index contributed by atoms with van der Waals surface area (Å²) < 4.78 is 0. The van der Waals surface area contributed by atoms with Crippen molar-refractivity contribution < 1.29 is 9.90 Å². The molecule has 0 spiro atoms. The highest BCUT2D eigenvalue weighted by Gasteiger charge is 2.18. The number of aromatic amines is 1. The molecule has 0 amide bonds. The van der Waals surface area contributed by atoms with E-state index in [1.165, 1.54) is 0 Å². The van der Waals surface area contributed by atoms with Gasteiger partial charge in [0, 0.05) is 5.56 Å². The van der Waals surface area contributed by atoms with Crippen molar-refractivity contribution in [2.45, 2.75) is 6.92 Å². The minimum Gasteiger partial charge on any atom is -0.477 e. The van der Waals surface area contributed by atoms with Crippen LogP contribution in [0.1, 0.15) is 15.2 Å². The van der Waals surface area contributed by atoms with Gasteiger partial charge < -0.3 is 10.1 Å². The number of carbonyl (C=O) groups is 1. The van der Waals surface area contributed by atoms with E-state index in [2.05, 4.69) is 9.97 Å². The first-order valence-corrected chi connectivity index (χ1v) is 6.71. The van der Waals surface area contributed by atoms with Crippen LogP contribution >= 0.6 is 11.3 Å². The summed E-state index contributed by atoms with van der Waals surface area (Å²) in [5.41, 5.74) is 0.940. The summed E-state index contributed by atoms with van der Waals surface area (Å²) in [6.45, 7) is 1.63. The summed E-state index contributed by atoms with van der Waals surface area (Å²) in [6.07, 6.45) is 0. The van der Waals surface area contributed by atoms with E-state index in [4.69, 9.17) is 5.11 Å². The molecule has 3 rings (SSSR count). The predicted octanol–water partition coefficient (Wildman–Crippen LogP) is 2.66. The average Bonchev–Trinajstić information content (AvgIpc) is 2.77. The third-order valence-electron chi connectivity index (χ3n) is 3.04. The molecule has 0 aliphatic heterocycles. The third kappa shape index (κ3) is 1.90. The molecule has 20 heavy (non-hydrogen) atoms. The zero-order valence-electron chi connectivity index (χ0n) is 10.5. The summed E-state index contributed by atoms with van der Waals surface area (Å²) >= 11 is 1.02. The fraction of sp³-hybridized carbons (Fsp3) is 0.0714. The molecule has 6 heteroatoms. The van der Waals surface area contributed by atoms with Crippen molar-refractivity contribution in [1.29, 1.82) is 0 Å². The van der Waals surface area contributed by atoms with Crippen LogP contribution in [0, 0.1) is 6.92 Å². The van der Waals surface area contributed by atoms with Crippen LogP contribution in [0.2, 0.25) is 0 Å². The quantitative estimate of drug-likeness (QED) is 0.758. The minimum absolute atomic E-state index is 0.156. The molecule has 2 aromatic heterocycles. The van der Waals surface area contributed by atoms with Gasteiger partial charge in [-0.3, -0.25) is 4.79 Å². The Hall–Kier alpha value is -2.47. The number of aromatic carboxylic acids is 1. The first kappa shape index (κ1) is 12.6. The monoisotopic (exact) mass is 286 g/mol. The Kier molecular flexibility index (Phi) is 2.87. The Labute approximate surface area is 117 Å². The van der Waals surface area contributed by atoms with Crippen LogP contribution in [0.15, 0.2) is 35.1 Å². The highest BCUT2D eigenvalue weighted by molar-refractivity contribution is 7.20. The normalized spacial score (nSPS) is 10.8. The maximum Gasteiger partial charge on any atom is 0.346 e. The van der Waals surface area contributed by atoms with Crippen molar-refractivity contribution in [3.63, 3.8) is 0 Å². The van der Waals surface area contributed by atoms with Crippen molar-refractivity contribution in [2.75, 3.05) is 0 Å². The first-order valence-electron chi connectivity index (χ1n) is 5.90.